The number of rotatable bonds is 6. The Bertz CT molecular complexity index is 686. The monoisotopic (exact) mass is 357 g/mol. The van der Waals surface area contributed by atoms with Crippen LogP contribution in [0, 0.1) is 0 Å². The molecule has 27 heavy (non-hydrogen) atoms. The van der Waals surface area contributed by atoms with Crippen molar-refractivity contribution in [2.45, 2.75) is 19.6 Å². The normalized spacial score (nSPS) is 16.4. The highest BCUT2D eigenvalue weighted by Gasteiger charge is 2.23. The predicted molar refractivity (Wildman–Crippen MR) is 111 cm³/mol. The second-order valence-corrected chi connectivity index (χ2v) is 7.37. The van der Waals surface area contributed by atoms with Crippen LogP contribution in [0.15, 0.2) is 91.0 Å². The lowest BCUT2D eigenvalue weighted by molar-refractivity contribution is -0.0422. The molecule has 0 radical (unpaired) electrons. The van der Waals surface area contributed by atoms with Crippen LogP contribution in [0.2, 0.25) is 0 Å². The van der Waals surface area contributed by atoms with Crippen molar-refractivity contribution < 1.29 is 0 Å². The van der Waals surface area contributed by atoms with Gasteiger partial charge in [-0.1, -0.05) is 91.0 Å². The van der Waals surface area contributed by atoms with Gasteiger partial charge in [-0.2, -0.15) is 0 Å². The van der Waals surface area contributed by atoms with Gasteiger partial charge in [0.25, 0.3) is 0 Å². The fourth-order valence-electron chi connectivity index (χ4n) is 3.81. The van der Waals surface area contributed by atoms with Crippen LogP contribution < -0.4 is 0 Å². The minimum atomic E-state index is 0.984. The Morgan fingerprint density at radius 3 is 0.926 bits per heavy atom. The summed E-state index contributed by atoms with van der Waals surface area (Å²) in [4.78, 5) is 7.60. The molecule has 0 bridgehead atoms. The topological polar surface area (TPSA) is 9.72 Å². The summed E-state index contributed by atoms with van der Waals surface area (Å²) in [7, 11) is 0. The maximum absolute atomic E-state index is 2.53. The van der Waals surface area contributed by atoms with Crippen LogP contribution in [0.3, 0.4) is 0 Å². The first-order chi connectivity index (χ1) is 13.3. The first-order valence-electron chi connectivity index (χ1n) is 9.64. The van der Waals surface area contributed by atoms with E-state index in [4.69, 9.17) is 0 Å². The Balaban J connectivity index is 1.47. The standard InChI is InChI=1S/C24H27N3/c1-4-10-22(11-5-1)16-25-19-26(17-23-12-6-2-7-13-23)21-27(20-25)18-24-14-8-3-9-15-24/h1-15H,16-21H2. The predicted octanol–water partition coefficient (Wildman–Crippen LogP) is 4.38. The zero-order valence-electron chi connectivity index (χ0n) is 15.7. The van der Waals surface area contributed by atoms with Crippen LogP contribution in [0.1, 0.15) is 16.7 Å². The van der Waals surface area contributed by atoms with Crippen molar-refractivity contribution in [2.24, 2.45) is 0 Å². The van der Waals surface area contributed by atoms with Crippen molar-refractivity contribution in [2.75, 3.05) is 20.0 Å². The van der Waals surface area contributed by atoms with Crippen molar-refractivity contribution in [1.29, 1.82) is 0 Å². The summed E-state index contributed by atoms with van der Waals surface area (Å²) in [5.74, 6) is 0. The van der Waals surface area contributed by atoms with Gasteiger partial charge in [0.05, 0.1) is 20.0 Å². The molecule has 0 atom stereocenters. The summed E-state index contributed by atoms with van der Waals surface area (Å²) in [6.07, 6.45) is 0. The molecular weight excluding hydrogens is 330 g/mol. The largest absolute Gasteiger partial charge is 0.273 e. The van der Waals surface area contributed by atoms with Crippen molar-refractivity contribution in [3.05, 3.63) is 108 Å². The quantitative estimate of drug-likeness (QED) is 0.648. The fraction of sp³-hybridized carbons (Fsp3) is 0.250. The van der Waals surface area contributed by atoms with E-state index in [0.717, 1.165) is 39.6 Å². The van der Waals surface area contributed by atoms with Crippen molar-refractivity contribution >= 4 is 0 Å². The van der Waals surface area contributed by atoms with E-state index in [9.17, 15) is 0 Å². The van der Waals surface area contributed by atoms with E-state index in [1.807, 2.05) is 0 Å². The Hall–Kier alpha value is -2.46. The van der Waals surface area contributed by atoms with Gasteiger partial charge in [-0.15, -0.1) is 0 Å². The van der Waals surface area contributed by atoms with E-state index in [2.05, 4.69) is 106 Å². The van der Waals surface area contributed by atoms with Gasteiger partial charge >= 0.3 is 0 Å². The molecule has 0 saturated carbocycles. The first kappa shape index (κ1) is 17.9. The average molecular weight is 358 g/mol. The van der Waals surface area contributed by atoms with E-state index in [1.54, 1.807) is 0 Å². The van der Waals surface area contributed by atoms with Crippen LogP contribution in [0.5, 0.6) is 0 Å². The number of hydrogen-bond donors (Lipinski definition) is 0. The minimum Gasteiger partial charge on any atom is -0.273 e. The molecule has 0 spiro atoms. The Kier molecular flexibility index (Phi) is 5.95. The zero-order valence-corrected chi connectivity index (χ0v) is 15.7. The Morgan fingerprint density at radius 1 is 0.407 bits per heavy atom. The summed E-state index contributed by atoms with van der Waals surface area (Å²) in [5.41, 5.74) is 4.12. The molecule has 1 aliphatic rings. The summed E-state index contributed by atoms with van der Waals surface area (Å²) in [5, 5.41) is 0. The maximum Gasteiger partial charge on any atom is 0.0537 e. The van der Waals surface area contributed by atoms with Gasteiger partial charge in [0.1, 0.15) is 0 Å². The van der Waals surface area contributed by atoms with Crippen molar-refractivity contribution in [1.82, 2.24) is 14.7 Å². The SMILES string of the molecule is c1ccc(CN2CN(Cc3ccccc3)CN(Cc3ccccc3)C2)cc1. The van der Waals surface area contributed by atoms with E-state index in [-0.39, 0.29) is 0 Å². The minimum absolute atomic E-state index is 0.984. The third-order valence-electron chi connectivity index (χ3n) is 4.95. The molecule has 0 amide bonds. The van der Waals surface area contributed by atoms with Gasteiger partial charge in [0.15, 0.2) is 0 Å². The van der Waals surface area contributed by atoms with Crippen LogP contribution in [-0.4, -0.2) is 34.7 Å². The Labute approximate surface area is 162 Å². The van der Waals surface area contributed by atoms with Crippen LogP contribution in [-0.2, 0) is 19.6 Å². The highest BCUT2D eigenvalue weighted by Crippen LogP contribution is 2.17. The molecule has 0 unspecified atom stereocenters. The lowest BCUT2D eigenvalue weighted by Gasteiger charge is -2.42. The second kappa shape index (κ2) is 8.96. The summed E-state index contributed by atoms with van der Waals surface area (Å²) >= 11 is 0. The number of nitrogens with zero attached hydrogens (tertiary/aromatic N) is 3. The molecule has 3 aromatic rings. The number of hydrogen-bond acceptors (Lipinski definition) is 3. The van der Waals surface area contributed by atoms with E-state index in [0.29, 0.717) is 0 Å². The average Bonchev–Trinajstić information content (AvgIpc) is 2.70. The van der Waals surface area contributed by atoms with Crippen LogP contribution in [0.25, 0.3) is 0 Å². The van der Waals surface area contributed by atoms with Gasteiger partial charge in [0, 0.05) is 19.6 Å². The van der Waals surface area contributed by atoms with E-state index < -0.39 is 0 Å². The molecule has 1 aliphatic heterocycles. The first-order valence-corrected chi connectivity index (χ1v) is 9.64. The number of benzene rings is 3. The highest BCUT2D eigenvalue weighted by molar-refractivity contribution is 5.17. The molecule has 1 saturated heterocycles. The second-order valence-electron chi connectivity index (χ2n) is 7.37. The Morgan fingerprint density at radius 2 is 0.667 bits per heavy atom. The van der Waals surface area contributed by atoms with E-state index in [1.165, 1.54) is 16.7 Å². The van der Waals surface area contributed by atoms with Crippen molar-refractivity contribution in [3.63, 3.8) is 0 Å². The summed E-state index contributed by atoms with van der Waals surface area (Å²) < 4.78 is 0. The molecule has 0 N–H and O–H groups in total. The highest BCUT2D eigenvalue weighted by atomic mass is 15.5. The molecule has 4 rings (SSSR count). The van der Waals surface area contributed by atoms with Gasteiger partial charge < -0.3 is 0 Å². The molecule has 1 heterocycles. The summed E-state index contributed by atoms with van der Waals surface area (Å²) in [6, 6.07) is 32.3. The third-order valence-corrected chi connectivity index (χ3v) is 4.95. The van der Waals surface area contributed by atoms with Gasteiger partial charge in [-0.25, -0.2) is 0 Å². The molecule has 1 fully saturated rings. The molecule has 0 aromatic heterocycles. The lowest BCUT2D eigenvalue weighted by atomic mass is 10.2. The molecular formula is C24H27N3. The third kappa shape index (κ3) is 5.27. The fourth-order valence-corrected chi connectivity index (χ4v) is 3.81. The van der Waals surface area contributed by atoms with E-state index >= 15 is 0 Å². The van der Waals surface area contributed by atoms with Crippen LogP contribution >= 0.6 is 0 Å². The summed E-state index contributed by atoms with van der Waals surface area (Å²) in [6.45, 7) is 5.94. The van der Waals surface area contributed by atoms with Crippen LogP contribution in [0.4, 0.5) is 0 Å². The van der Waals surface area contributed by atoms with Gasteiger partial charge in [0.2, 0.25) is 0 Å². The molecule has 3 nitrogen and oxygen atoms in total. The van der Waals surface area contributed by atoms with Gasteiger partial charge in [-0.05, 0) is 16.7 Å². The lowest BCUT2D eigenvalue weighted by Crippen LogP contribution is -2.53. The smallest absolute Gasteiger partial charge is 0.0537 e. The zero-order chi connectivity index (χ0) is 18.3. The molecule has 3 aromatic carbocycles. The molecule has 138 valence electrons. The van der Waals surface area contributed by atoms with Crippen molar-refractivity contribution in [3.8, 4) is 0 Å². The molecule has 3 heteroatoms. The maximum atomic E-state index is 2.53. The molecule has 0 aliphatic carbocycles. The van der Waals surface area contributed by atoms with Gasteiger partial charge in [-0.3, -0.25) is 14.7 Å².